The van der Waals surface area contributed by atoms with E-state index in [9.17, 15) is 15.1 Å². The van der Waals surface area contributed by atoms with Crippen molar-refractivity contribution >= 4 is 28.1 Å². The number of hydrogen-bond donors (Lipinski definition) is 3. The van der Waals surface area contributed by atoms with Gasteiger partial charge in [-0.25, -0.2) is 0 Å². The Morgan fingerprint density at radius 2 is 1.72 bits per heavy atom. The average molecular weight is 332 g/mol. The Balaban J connectivity index is 1.74. The zero-order valence-electron chi connectivity index (χ0n) is 13.3. The molecule has 0 fully saturated rings. The first-order valence-corrected chi connectivity index (χ1v) is 7.95. The van der Waals surface area contributed by atoms with Gasteiger partial charge in [0.25, 0.3) is 5.91 Å². The number of carbonyl (C=O) groups is 1. The van der Waals surface area contributed by atoms with E-state index in [-0.39, 0.29) is 12.1 Å². The van der Waals surface area contributed by atoms with Crippen LogP contribution < -0.4 is 5.32 Å². The van der Waals surface area contributed by atoms with E-state index in [0.29, 0.717) is 16.8 Å². The third-order valence-corrected chi connectivity index (χ3v) is 4.62. The molecule has 0 radical (unpaired) electrons. The van der Waals surface area contributed by atoms with Gasteiger partial charge in [-0.2, -0.15) is 0 Å². The van der Waals surface area contributed by atoms with Crippen LogP contribution in [0.3, 0.4) is 0 Å². The van der Waals surface area contributed by atoms with Crippen molar-refractivity contribution in [3.05, 3.63) is 77.9 Å². The highest BCUT2D eigenvalue weighted by molar-refractivity contribution is 6.11. The summed E-state index contributed by atoms with van der Waals surface area (Å²) in [5.41, 5.74) is 0.212. The van der Waals surface area contributed by atoms with Crippen LogP contribution in [0.4, 0.5) is 5.69 Å². The summed E-state index contributed by atoms with van der Waals surface area (Å²) in [7, 11) is 0. The Morgan fingerprint density at radius 1 is 1.00 bits per heavy atom. The Morgan fingerprint density at radius 3 is 2.52 bits per heavy atom. The van der Waals surface area contributed by atoms with Gasteiger partial charge in [-0.1, -0.05) is 59.8 Å². The zero-order chi connectivity index (χ0) is 17.4. The summed E-state index contributed by atoms with van der Waals surface area (Å²) in [5.74, 6) is -0.518. The molecule has 0 saturated carbocycles. The quantitative estimate of drug-likeness (QED) is 0.391. The Labute approximate surface area is 144 Å². The highest BCUT2D eigenvalue weighted by Gasteiger charge is 2.46. The summed E-state index contributed by atoms with van der Waals surface area (Å²) in [6, 6.07) is 20.4. The largest absolute Gasteiger partial charge is 0.411 e. The van der Waals surface area contributed by atoms with E-state index >= 15 is 0 Å². The number of rotatable bonds is 3. The summed E-state index contributed by atoms with van der Waals surface area (Å²) in [5, 5.41) is 28.6. The van der Waals surface area contributed by atoms with Crippen molar-refractivity contribution in [3.63, 3.8) is 0 Å². The van der Waals surface area contributed by atoms with Crippen molar-refractivity contribution in [2.75, 3.05) is 5.32 Å². The van der Waals surface area contributed by atoms with E-state index in [1.54, 1.807) is 24.3 Å². The molecule has 25 heavy (non-hydrogen) atoms. The molecular formula is C20H16N2O3. The molecule has 1 aliphatic rings. The second-order valence-corrected chi connectivity index (χ2v) is 6.15. The number of nitrogens with one attached hydrogen (secondary N) is 1. The molecule has 0 unspecified atom stereocenters. The third kappa shape index (κ3) is 2.45. The van der Waals surface area contributed by atoms with Gasteiger partial charge >= 0.3 is 0 Å². The van der Waals surface area contributed by atoms with Crippen LogP contribution in [-0.2, 0) is 10.4 Å². The summed E-state index contributed by atoms with van der Waals surface area (Å²) >= 11 is 0. The Hall–Kier alpha value is -3.18. The van der Waals surface area contributed by atoms with E-state index in [0.717, 1.165) is 10.8 Å². The van der Waals surface area contributed by atoms with Gasteiger partial charge in [0.1, 0.15) is 0 Å². The Bertz CT molecular complexity index is 1010. The van der Waals surface area contributed by atoms with Crippen molar-refractivity contribution in [2.45, 2.75) is 12.0 Å². The van der Waals surface area contributed by atoms with Crippen molar-refractivity contribution in [3.8, 4) is 0 Å². The topological polar surface area (TPSA) is 81.9 Å². The predicted molar refractivity (Wildman–Crippen MR) is 95.9 cm³/mol. The van der Waals surface area contributed by atoms with E-state index in [1.807, 2.05) is 42.5 Å². The molecule has 1 amide bonds. The predicted octanol–water partition coefficient (Wildman–Crippen LogP) is 3.25. The molecule has 0 aromatic heterocycles. The van der Waals surface area contributed by atoms with Crippen LogP contribution in [-0.4, -0.2) is 21.9 Å². The summed E-state index contributed by atoms with van der Waals surface area (Å²) in [4.78, 5) is 12.4. The number of benzene rings is 3. The molecule has 0 aliphatic carbocycles. The number of aliphatic hydroxyl groups is 1. The lowest BCUT2D eigenvalue weighted by molar-refractivity contribution is -0.132. The van der Waals surface area contributed by atoms with Gasteiger partial charge in [0.15, 0.2) is 5.60 Å². The molecule has 5 nitrogen and oxygen atoms in total. The number of carbonyl (C=O) groups excluding carboxylic acids is 1. The zero-order valence-corrected chi connectivity index (χ0v) is 13.3. The lowest BCUT2D eigenvalue weighted by atomic mass is 9.87. The normalized spacial score (nSPS) is 19.7. The van der Waals surface area contributed by atoms with Gasteiger partial charge in [-0.3, -0.25) is 4.79 Å². The maximum atomic E-state index is 12.4. The van der Waals surface area contributed by atoms with Crippen LogP contribution in [0.25, 0.3) is 10.8 Å². The van der Waals surface area contributed by atoms with Gasteiger partial charge < -0.3 is 15.6 Å². The van der Waals surface area contributed by atoms with Crippen LogP contribution >= 0.6 is 0 Å². The van der Waals surface area contributed by atoms with Crippen LogP contribution in [0.2, 0.25) is 0 Å². The second kappa shape index (κ2) is 5.72. The number of para-hydroxylation sites is 1. The fraction of sp³-hybridized carbons (Fsp3) is 0.100. The first-order valence-electron chi connectivity index (χ1n) is 7.95. The highest BCUT2D eigenvalue weighted by Crippen LogP contribution is 2.39. The number of nitrogens with zero attached hydrogens (tertiary/aromatic N) is 1. The Kier molecular flexibility index (Phi) is 3.51. The van der Waals surface area contributed by atoms with Crippen molar-refractivity contribution in [1.29, 1.82) is 0 Å². The molecule has 0 saturated heterocycles. The highest BCUT2D eigenvalue weighted by atomic mass is 16.4. The first kappa shape index (κ1) is 15.4. The lowest BCUT2D eigenvalue weighted by Crippen LogP contribution is -2.36. The molecule has 1 atom stereocenters. The number of amides is 1. The van der Waals surface area contributed by atoms with Gasteiger partial charge in [0, 0.05) is 23.2 Å². The smallest absolute Gasteiger partial charge is 0.261 e. The molecule has 0 bridgehead atoms. The van der Waals surface area contributed by atoms with Crippen LogP contribution in [0.1, 0.15) is 17.5 Å². The molecule has 0 spiro atoms. The second-order valence-electron chi connectivity index (χ2n) is 6.15. The van der Waals surface area contributed by atoms with Gasteiger partial charge in [0.2, 0.25) is 0 Å². The van der Waals surface area contributed by atoms with E-state index < -0.39 is 11.5 Å². The van der Waals surface area contributed by atoms with Gasteiger partial charge in [-0.05, 0) is 22.9 Å². The number of hydrogen-bond acceptors (Lipinski definition) is 4. The summed E-state index contributed by atoms with van der Waals surface area (Å²) in [6.45, 7) is 0. The maximum absolute atomic E-state index is 12.4. The molecule has 1 aliphatic heterocycles. The molecular weight excluding hydrogens is 316 g/mol. The molecule has 124 valence electrons. The van der Waals surface area contributed by atoms with E-state index in [1.165, 1.54) is 0 Å². The minimum absolute atomic E-state index is 0.120. The van der Waals surface area contributed by atoms with Crippen molar-refractivity contribution in [2.24, 2.45) is 5.16 Å². The minimum atomic E-state index is -1.76. The average Bonchev–Trinajstić information content (AvgIpc) is 2.90. The monoisotopic (exact) mass is 332 g/mol. The lowest BCUT2D eigenvalue weighted by Gasteiger charge is -2.21. The number of fused-ring (bicyclic) bond motifs is 2. The molecule has 5 heteroatoms. The third-order valence-electron chi connectivity index (χ3n) is 4.62. The van der Waals surface area contributed by atoms with Crippen molar-refractivity contribution in [1.82, 2.24) is 0 Å². The standard InChI is InChI=1S/C20H16N2O3/c23-19-20(24,16-7-3-4-8-17(16)21-19)12-18(22-25)15-10-9-13-5-1-2-6-14(13)11-15/h1-11,24-25H,12H2,(H,21,23)/b22-18+/t20-/m1/s1. The molecule has 3 N–H and O–H groups in total. The van der Waals surface area contributed by atoms with Gasteiger partial charge in [-0.15, -0.1) is 0 Å². The number of anilines is 1. The van der Waals surface area contributed by atoms with Crippen LogP contribution in [0.5, 0.6) is 0 Å². The maximum Gasteiger partial charge on any atom is 0.261 e. The van der Waals surface area contributed by atoms with E-state index in [2.05, 4.69) is 10.5 Å². The fourth-order valence-electron chi connectivity index (χ4n) is 3.28. The number of oxime groups is 1. The summed E-state index contributed by atoms with van der Waals surface area (Å²) in [6.07, 6.45) is -0.120. The molecule has 3 aromatic rings. The molecule has 3 aromatic carbocycles. The van der Waals surface area contributed by atoms with Crippen LogP contribution in [0.15, 0.2) is 71.9 Å². The van der Waals surface area contributed by atoms with Gasteiger partial charge in [0.05, 0.1) is 5.71 Å². The first-order chi connectivity index (χ1) is 12.1. The van der Waals surface area contributed by atoms with E-state index in [4.69, 9.17) is 0 Å². The SMILES string of the molecule is O=C1Nc2ccccc2[C@]1(O)C/C(=N\O)c1ccc2ccccc2c1. The molecule has 1 heterocycles. The molecule has 4 rings (SSSR count). The fourth-order valence-corrected chi connectivity index (χ4v) is 3.28. The minimum Gasteiger partial charge on any atom is -0.411 e. The summed E-state index contributed by atoms with van der Waals surface area (Å²) < 4.78 is 0. The van der Waals surface area contributed by atoms with Crippen LogP contribution in [0, 0.1) is 0 Å². The van der Waals surface area contributed by atoms with Crippen molar-refractivity contribution < 1.29 is 15.1 Å².